The molecule has 1 fully saturated rings. The Hall–Kier alpha value is -2.54. The van der Waals surface area contributed by atoms with Gasteiger partial charge in [0.1, 0.15) is 5.82 Å². The number of benzene rings is 1. The van der Waals surface area contributed by atoms with Crippen molar-refractivity contribution < 1.29 is 4.79 Å². The fourth-order valence-electron chi connectivity index (χ4n) is 3.10. The number of rotatable bonds is 9. The lowest BCUT2D eigenvalue weighted by Gasteiger charge is -2.13. The van der Waals surface area contributed by atoms with Gasteiger partial charge in [0.15, 0.2) is 0 Å². The number of aromatic nitrogens is 2. The van der Waals surface area contributed by atoms with Crippen LogP contribution < -0.4 is 16.0 Å². The molecule has 2 aromatic rings. The third kappa shape index (κ3) is 5.04. The Labute approximate surface area is 169 Å². The first-order valence-corrected chi connectivity index (χ1v) is 10.8. The number of amides is 1. The monoisotopic (exact) mass is 395 g/mol. The number of nitrogens with zero attached hydrogens (tertiary/aromatic N) is 2. The number of carbonyl (C=O) groups is 1. The van der Waals surface area contributed by atoms with Crippen LogP contribution in [0.25, 0.3) is 0 Å². The molecule has 0 bridgehead atoms. The van der Waals surface area contributed by atoms with Crippen LogP contribution in [0, 0.1) is 0 Å². The number of hydrogen-bond donors (Lipinski definition) is 3. The Morgan fingerprint density at radius 3 is 2.79 bits per heavy atom. The zero-order chi connectivity index (χ0) is 19.2. The van der Waals surface area contributed by atoms with Gasteiger partial charge in [-0.15, -0.1) is 11.8 Å². The molecule has 3 N–H and O–H groups in total. The largest absolute Gasteiger partial charge is 0.370 e. The average Bonchev–Trinajstić information content (AvgIpc) is 3.41. The number of thioether (sulfide) groups is 1. The molecule has 2 aliphatic rings. The lowest BCUT2D eigenvalue weighted by Crippen LogP contribution is -2.26. The molecule has 0 atom stereocenters. The summed E-state index contributed by atoms with van der Waals surface area (Å²) in [7, 11) is 0. The normalized spacial score (nSPS) is 15.8. The Kier molecular flexibility index (Phi) is 6.11. The van der Waals surface area contributed by atoms with E-state index in [4.69, 9.17) is 4.98 Å². The first-order valence-electron chi connectivity index (χ1n) is 9.83. The van der Waals surface area contributed by atoms with E-state index in [2.05, 4.69) is 20.9 Å². The molecule has 0 radical (unpaired) electrons. The van der Waals surface area contributed by atoms with Gasteiger partial charge in [-0.1, -0.05) is 24.3 Å². The predicted octanol–water partition coefficient (Wildman–Crippen LogP) is 4.04. The van der Waals surface area contributed by atoms with Crippen molar-refractivity contribution in [2.45, 2.75) is 31.6 Å². The van der Waals surface area contributed by atoms with E-state index in [9.17, 15) is 4.79 Å². The predicted molar refractivity (Wildman–Crippen MR) is 115 cm³/mol. The molecule has 1 amide bonds. The first kappa shape index (κ1) is 18.8. The van der Waals surface area contributed by atoms with Crippen molar-refractivity contribution in [1.82, 2.24) is 15.3 Å². The maximum absolute atomic E-state index is 12.0. The topological polar surface area (TPSA) is 78.9 Å². The van der Waals surface area contributed by atoms with E-state index in [1.165, 1.54) is 18.4 Å². The quantitative estimate of drug-likeness (QED) is 0.556. The Morgan fingerprint density at radius 2 is 2.04 bits per heavy atom. The van der Waals surface area contributed by atoms with Crippen LogP contribution in [-0.2, 0) is 4.79 Å². The molecule has 1 aliphatic carbocycles. The summed E-state index contributed by atoms with van der Waals surface area (Å²) >= 11 is 1.64. The fraction of sp³-hybridized carbons (Fsp3) is 0.381. The summed E-state index contributed by atoms with van der Waals surface area (Å²) in [6.45, 7) is 1.41. The summed E-state index contributed by atoms with van der Waals surface area (Å²) in [5, 5.41) is 9.68. The second-order valence-electron chi connectivity index (χ2n) is 7.00. The van der Waals surface area contributed by atoms with Gasteiger partial charge < -0.3 is 16.0 Å². The second-order valence-corrected chi connectivity index (χ2v) is 8.14. The molecule has 1 saturated carbocycles. The van der Waals surface area contributed by atoms with Gasteiger partial charge >= 0.3 is 0 Å². The van der Waals surface area contributed by atoms with Gasteiger partial charge in [0.2, 0.25) is 5.95 Å². The van der Waals surface area contributed by atoms with Crippen LogP contribution in [0.2, 0.25) is 0 Å². The summed E-state index contributed by atoms with van der Waals surface area (Å²) in [6.07, 6.45) is 8.19. The minimum absolute atomic E-state index is 0.0533. The molecule has 1 aromatic heterocycles. The number of anilines is 3. The van der Waals surface area contributed by atoms with Crippen molar-refractivity contribution in [3.63, 3.8) is 0 Å². The molecule has 1 aliphatic heterocycles. The van der Waals surface area contributed by atoms with Crippen molar-refractivity contribution >= 4 is 35.1 Å². The van der Waals surface area contributed by atoms with Crippen molar-refractivity contribution in [2.24, 2.45) is 0 Å². The molecule has 28 heavy (non-hydrogen) atoms. The zero-order valence-electron chi connectivity index (χ0n) is 15.8. The SMILES string of the molecule is O=C(NCCCNc1nc(Nc2ccccc2)ncc1C1CC1)C1=CCCS1. The Balaban J connectivity index is 1.30. The first-order chi connectivity index (χ1) is 13.8. The van der Waals surface area contributed by atoms with E-state index in [1.807, 2.05) is 42.6 Å². The second kappa shape index (κ2) is 9.10. The highest BCUT2D eigenvalue weighted by molar-refractivity contribution is 8.04. The minimum Gasteiger partial charge on any atom is -0.370 e. The van der Waals surface area contributed by atoms with Crippen LogP contribution in [0.5, 0.6) is 0 Å². The summed E-state index contributed by atoms with van der Waals surface area (Å²) in [4.78, 5) is 22.0. The maximum atomic E-state index is 12.0. The smallest absolute Gasteiger partial charge is 0.257 e. The van der Waals surface area contributed by atoms with Gasteiger partial charge in [-0.3, -0.25) is 4.79 Å². The Morgan fingerprint density at radius 1 is 1.18 bits per heavy atom. The van der Waals surface area contributed by atoms with Gasteiger partial charge in [-0.2, -0.15) is 4.98 Å². The van der Waals surface area contributed by atoms with Crippen molar-refractivity contribution in [2.75, 3.05) is 29.5 Å². The molecule has 0 saturated heterocycles. The number of hydrogen-bond acceptors (Lipinski definition) is 6. The molecule has 4 rings (SSSR count). The van der Waals surface area contributed by atoms with Gasteiger partial charge in [-0.05, 0) is 43.7 Å². The number of carbonyl (C=O) groups excluding carboxylic acids is 1. The van der Waals surface area contributed by atoms with E-state index in [-0.39, 0.29) is 5.91 Å². The number of para-hydroxylation sites is 1. The van der Waals surface area contributed by atoms with Crippen molar-refractivity contribution in [3.05, 3.63) is 53.1 Å². The molecular weight excluding hydrogens is 370 g/mol. The van der Waals surface area contributed by atoms with Crippen LogP contribution >= 0.6 is 11.8 Å². The third-order valence-corrected chi connectivity index (χ3v) is 5.83. The average molecular weight is 396 g/mol. The molecule has 2 heterocycles. The number of nitrogens with one attached hydrogen (secondary N) is 3. The summed E-state index contributed by atoms with van der Waals surface area (Å²) in [6, 6.07) is 9.93. The van der Waals surface area contributed by atoms with Gasteiger partial charge in [-0.25, -0.2) is 4.98 Å². The van der Waals surface area contributed by atoms with Crippen molar-refractivity contribution in [1.29, 1.82) is 0 Å². The van der Waals surface area contributed by atoms with E-state index in [0.717, 1.165) is 41.5 Å². The standard InChI is InChI=1S/C21H25N5OS/c27-20(18-8-4-13-28-18)23-12-5-11-22-19-17(15-9-10-15)14-24-21(26-19)25-16-6-2-1-3-7-16/h1-3,6-8,14-15H,4-5,9-13H2,(H,23,27)(H2,22,24,25,26). The van der Waals surface area contributed by atoms with E-state index < -0.39 is 0 Å². The lowest BCUT2D eigenvalue weighted by atomic mass is 10.2. The minimum atomic E-state index is 0.0533. The van der Waals surface area contributed by atoms with E-state index >= 15 is 0 Å². The molecule has 146 valence electrons. The highest BCUT2D eigenvalue weighted by Crippen LogP contribution is 2.42. The number of allylic oxidation sites excluding steroid dienone is 1. The molecule has 6 nitrogen and oxygen atoms in total. The van der Waals surface area contributed by atoms with Gasteiger partial charge in [0, 0.05) is 36.3 Å². The summed E-state index contributed by atoms with van der Waals surface area (Å²) in [5.74, 6) is 3.13. The molecule has 0 unspecified atom stereocenters. The van der Waals surface area contributed by atoms with Crippen molar-refractivity contribution in [3.8, 4) is 0 Å². The maximum Gasteiger partial charge on any atom is 0.257 e. The van der Waals surface area contributed by atoms with Crippen LogP contribution in [0.15, 0.2) is 47.5 Å². The van der Waals surface area contributed by atoms with Gasteiger partial charge in [0.25, 0.3) is 5.91 Å². The van der Waals surface area contributed by atoms with E-state index in [1.54, 1.807) is 11.8 Å². The molecule has 0 spiro atoms. The van der Waals surface area contributed by atoms with Crippen LogP contribution in [-0.4, -0.2) is 34.7 Å². The third-order valence-electron chi connectivity index (χ3n) is 4.72. The van der Waals surface area contributed by atoms with Crippen LogP contribution in [0.3, 0.4) is 0 Å². The zero-order valence-corrected chi connectivity index (χ0v) is 16.6. The fourth-order valence-corrected chi connectivity index (χ4v) is 3.99. The van der Waals surface area contributed by atoms with Crippen LogP contribution in [0.1, 0.15) is 37.2 Å². The summed E-state index contributed by atoms with van der Waals surface area (Å²) in [5.41, 5.74) is 2.16. The lowest BCUT2D eigenvalue weighted by molar-refractivity contribution is -0.116. The molecular formula is C21H25N5OS. The Bertz CT molecular complexity index is 851. The van der Waals surface area contributed by atoms with Gasteiger partial charge in [0.05, 0.1) is 4.91 Å². The highest BCUT2D eigenvalue weighted by Gasteiger charge is 2.27. The van der Waals surface area contributed by atoms with E-state index in [0.29, 0.717) is 18.4 Å². The molecule has 1 aromatic carbocycles. The van der Waals surface area contributed by atoms with Crippen LogP contribution in [0.4, 0.5) is 17.5 Å². The highest BCUT2D eigenvalue weighted by atomic mass is 32.2. The molecule has 7 heteroatoms. The summed E-state index contributed by atoms with van der Waals surface area (Å²) < 4.78 is 0.